The van der Waals surface area contributed by atoms with Gasteiger partial charge in [0.15, 0.2) is 6.10 Å². The maximum Gasteiger partial charge on any atom is 0.261 e. The summed E-state index contributed by atoms with van der Waals surface area (Å²) in [7, 11) is 0. The van der Waals surface area contributed by atoms with Gasteiger partial charge in [0, 0.05) is 6.54 Å². The van der Waals surface area contributed by atoms with E-state index in [0.29, 0.717) is 13.2 Å². The predicted molar refractivity (Wildman–Crippen MR) is 95.5 cm³/mol. The van der Waals surface area contributed by atoms with Gasteiger partial charge in [-0.25, -0.2) is 0 Å². The third-order valence-corrected chi connectivity index (χ3v) is 3.69. The molecular formula is C20H25NO3. The van der Waals surface area contributed by atoms with Crippen molar-refractivity contribution < 1.29 is 14.3 Å². The van der Waals surface area contributed by atoms with Gasteiger partial charge in [0.2, 0.25) is 0 Å². The highest BCUT2D eigenvalue weighted by Gasteiger charge is 2.15. The molecule has 0 radical (unpaired) electrons. The largest absolute Gasteiger partial charge is 0.494 e. The molecule has 0 unspecified atom stereocenters. The highest BCUT2D eigenvalue weighted by Crippen LogP contribution is 2.20. The van der Waals surface area contributed by atoms with E-state index < -0.39 is 6.10 Å². The fraction of sp³-hybridized carbons (Fsp3) is 0.350. The molecule has 2 aromatic rings. The van der Waals surface area contributed by atoms with Crippen LogP contribution in [0.15, 0.2) is 42.5 Å². The Labute approximate surface area is 143 Å². The van der Waals surface area contributed by atoms with Crippen molar-refractivity contribution in [3.63, 3.8) is 0 Å². The quantitative estimate of drug-likeness (QED) is 0.842. The molecule has 1 N–H and O–H groups in total. The van der Waals surface area contributed by atoms with Gasteiger partial charge in [0.05, 0.1) is 6.61 Å². The van der Waals surface area contributed by atoms with Crippen molar-refractivity contribution in [2.75, 3.05) is 6.61 Å². The second-order valence-electron chi connectivity index (χ2n) is 5.83. The Morgan fingerprint density at radius 3 is 2.71 bits per heavy atom. The van der Waals surface area contributed by atoms with Gasteiger partial charge in [-0.2, -0.15) is 0 Å². The van der Waals surface area contributed by atoms with Crippen LogP contribution in [0.2, 0.25) is 0 Å². The van der Waals surface area contributed by atoms with Crippen LogP contribution < -0.4 is 14.8 Å². The van der Waals surface area contributed by atoms with Crippen molar-refractivity contribution in [2.45, 2.75) is 40.3 Å². The molecule has 4 heteroatoms. The number of nitrogens with one attached hydrogen (secondary N) is 1. The zero-order chi connectivity index (χ0) is 17.5. The number of hydrogen-bond acceptors (Lipinski definition) is 3. The lowest BCUT2D eigenvalue weighted by Gasteiger charge is -2.17. The monoisotopic (exact) mass is 327 g/mol. The summed E-state index contributed by atoms with van der Waals surface area (Å²) in [6, 6.07) is 13.7. The molecule has 0 saturated heterocycles. The second-order valence-corrected chi connectivity index (χ2v) is 5.83. The van der Waals surface area contributed by atoms with Crippen LogP contribution in [-0.2, 0) is 11.3 Å². The minimum absolute atomic E-state index is 0.141. The summed E-state index contributed by atoms with van der Waals surface area (Å²) in [5, 5.41) is 2.90. The Hall–Kier alpha value is -2.49. The highest BCUT2D eigenvalue weighted by molar-refractivity contribution is 5.80. The van der Waals surface area contributed by atoms with Crippen LogP contribution in [0.5, 0.6) is 11.5 Å². The number of hydrogen-bond donors (Lipinski definition) is 1. The number of benzene rings is 2. The molecule has 1 atom stereocenters. The maximum atomic E-state index is 12.3. The smallest absolute Gasteiger partial charge is 0.261 e. The molecule has 0 aliphatic rings. The lowest BCUT2D eigenvalue weighted by atomic mass is 10.1. The lowest BCUT2D eigenvalue weighted by Crippen LogP contribution is -2.36. The lowest BCUT2D eigenvalue weighted by molar-refractivity contribution is -0.127. The number of carbonyl (C=O) groups excluding carboxylic acids is 1. The molecule has 0 aliphatic carbocycles. The number of carbonyl (C=O) groups is 1. The molecule has 0 aromatic heterocycles. The van der Waals surface area contributed by atoms with Gasteiger partial charge in [-0.05, 0) is 62.6 Å². The van der Waals surface area contributed by atoms with Crippen molar-refractivity contribution in [2.24, 2.45) is 0 Å². The molecular weight excluding hydrogens is 302 g/mol. The first-order chi connectivity index (χ1) is 11.5. The van der Waals surface area contributed by atoms with E-state index in [9.17, 15) is 4.79 Å². The molecule has 0 bridgehead atoms. The molecule has 0 saturated carbocycles. The van der Waals surface area contributed by atoms with Crippen LogP contribution >= 0.6 is 0 Å². The first-order valence-corrected chi connectivity index (χ1v) is 8.23. The fourth-order valence-electron chi connectivity index (χ4n) is 2.32. The molecule has 128 valence electrons. The number of aryl methyl sites for hydroxylation is 2. The average Bonchev–Trinajstić information content (AvgIpc) is 2.56. The van der Waals surface area contributed by atoms with E-state index in [-0.39, 0.29) is 5.91 Å². The Balaban J connectivity index is 1.92. The van der Waals surface area contributed by atoms with Gasteiger partial charge in [-0.15, -0.1) is 0 Å². The summed E-state index contributed by atoms with van der Waals surface area (Å²) in [5.41, 5.74) is 3.12. The Morgan fingerprint density at radius 1 is 1.17 bits per heavy atom. The minimum Gasteiger partial charge on any atom is -0.494 e. The van der Waals surface area contributed by atoms with Crippen molar-refractivity contribution in [3.05, 3.63) is 59.2 Å². The second kappa shape index (κ2) is 8.39. The highest BCUT2D eigenvalue weighted by atomic mass is 16.5. The van der Waals surface area contributed by atoms with Gasteiger partial charge in [-0.1, -0.05) is 24.3 Å². The van der Waals surface area contributed by atoms with Crippen LogP contribution in [0, 0.1) is 13.8 Å². The molecule has 2 aromatic carbocycles. The molecule has 0 spiro atoms. The first kappa shape index (κ1) is 17.9. The van der Waals surface area contributed by atoms with Crippen molar-refractivity contribution >= 4 is 5.91 Å². The van der Waals surface area contributed by atoms with Gasteiger partial charge in [0.25, 0.3) is 5.91 Å². The Kier molecular flexibility index (Phi) is 6.24. The van der Waals surface area contributed by atoms with Gasteiger partial charge < -0.3 is 14.8 Å². The minimum atomic E-state index is -0.555. The SMILES string of the molecule is CCOc1cccc(CNC(=O)[C@@H](C)Oc2cc(C)ccc2C)c1. The van der Waals surface area contributed by atoms with Crippen molar-refractivity contribution in [3.8, 4) is 11.5 Å². The van der Waals surface area contributed by atoms with E-state index in [1.807, 2.05) is 63.2 Å². The molecule has 0 heterocycles. The number of ether oxygens (including phenoxy) is 2. The molecule has 4 nitrogen and oxygen atoms in total. The summed E-state index contributed by atoms with van der Waals surface area (Å²) in [6.45, 7) is 8.74. The summed E-state index contributed by atoms with van der Waals surface area (Å²) < 4.78 is 11.3. The van der Waals surface area contributed by atoms with Crippen LogP contribution in [-0.4, -0.2) is 18.6 Å². The van der Waals surface area contributed by atoms with Gasteiger partial charge in [-0.3, -0.25) is 4.79 Å². The fourth-order valence-corrected chi connectivity index (χ4v) is 2.32. The zero-order valence-corrected chi connectivity index (χ0v) is 14.8. The van der Waals surface area contributed by atoms with Gasteiger partial charge >= 0.3 is 0 Å². The van der Waals surface area contributed by atoms with Gasteiger partial charge in [0.1, 0.15) is 11.5 Å². The van der Waals surface area contributed by atoms with E-state index in [1.165, 1.54) is 0 Å². The summed E-state index contributed by atoms with van der Waals surface area (Å²) in [5.74, 6) is 1.41. The molecule has 24 heavy (non-hydrogen) atoms. The van der Waals surface area contributed by atoms with Crippen LogP contribution in [0.3, 0.4) is 0 Å². The topological polar surface area (TPSA) is 47.6 Å². The Morgan fingerprint density at radius 2 is 1.96 bits per heavy atom. The first-order valence-electron chi connectivity index (χ1n) is 8.23. The van der Waals surface area contributed by atoms with E-state index in [2.05, 4.69) is 5.32 Å². The molecule has 0 fully saturated rings. The zero-order valence-electron chi connectivity index (χ0n) is 14.8. The number of amides is 1. The third kappa shape index (κ3) is 5.01. The molecule has 1 amide bonds. The van der Waals surface area contributed by atoms with E-state index in [0.717, 1.165) is 28.2 Å². The van der Waals surface area contributed by atoms with E-state index in [4.69, 9.17) is 9.47 Å². The van der Waals surface area contributed by atoms with Crippen LogP contribution in [0.4, 0.5) is 0 Å². The van der Waals surface area contributed by atoms with Crippen molar-refractivity contribution in [1.29, 1.82) is 0 Å². The van der Waals surface area contributed by atoms with E-state index >= 15 is 0 Å². The molecule has 2 rings (SSSR count). The summed E-state index contributed by atoms with van der Waals surface area (Å²) >= 11 is 0. The normalized spacial score (nSPS) is 11.7. The van der Waals surface area contributed by atoms with Crippen LogP contribution in [0.1, 0.15) is 30.5 Å². The average molecular weight is 327 g/mol. The maximum absolute atomic E-state index is 12.3. The standard InChI is InChI=1S/C20H25NO3/c1-5-23-18-8-6-7-17(12-18)13-21-20(22)16(4)24-19-11-14(2)9-10-15(19)3/h6-12,16H,5,13H2,1-4H3,(H,21,22)/t16-/m1/s1. The number of rotatable bonds is 7. The predicted octanol–water partition coefficient (Wildman–Crippen LogP) is 3.79. The molecule has 0 aliphatic heterocycles. The summed E-state index contributed by atoms with van der Waals surface area (Å²) in [6.07, 6.45) is -0.555. The Bertz CT molecular complexity index is 697. The van der Waals surface area contributed by atoms with E-state index in [1.54, 1.807) is 6.92 Å². The third-order valence-electron chi connectivity index (χ3n) is 3.69. The summed E-state index contributed by atoms with van der Waals surface area (Å²) in [4.78, 5) is 12.3. The van der Waals surface area contributed by atoms with Crippen molar-refractivity contribution in [1.82, 2.24) is 5.32 Å². The van der Waals surface area contributed by atoms with Crippen LogP contribution in [0.25, 0.3) is 0 Å².